The molecule has 0 radical (unpaired) electrons. The Hall–Kier alpha value is -0.360. The molecule has 0 saturated carbocycles. The average molecular weight is 435 g/mol. The molecule has 0 aromatic rings. The van der Waals surface area contributed by atoms with Gasteiger partial charge in [-0.1, -0.05) is 70.4 Å². The van der Waals surface area contributed by atoms with Crippen molar-refractivity contribution in [1.29, 1.82) is 0 Å². The fourth-order valence-electron chi connectivity index (χ4n) is 3.37. The molecule has 0 aliphatic rings. The van der Waals surface area contributed by atoms with Crippen molar-refractivity contribution < 1.29 is 14.7 Å². The summed E-state index contributed by atoms with van der Waals surface area (Å²) in [5.41, 5.74) is 5.42. The fourth-order valence-corrected chi connectivity index (χ4v) is 3.37. The van der Waals surface area contributed by atoms with Crippen LogP contribution < -0.4 is 11.1 Å². The van der Waals surface area contributed by atoms with Crippen LogP contribution in [0, 0.1) is 0 Å². The molecule has 1 atom stereocenters. The molecule has 0 saturated heterocycles. The maximum absolute atomic E-state index is 11.9. The number of carboxylic acids is 1. The molecule has 0 aliphatic carbocycles. The molecule has 4 N–H and O–H groups in total. The SMILES string of the molecule is CCCCCCCC/C=C\CCCCCCCC(=O)NC(CCCCN)C(=O)O.[NaH]. The van der Waals surface area contributed by atoms with Gasteiger partial charge < -0.3 is 16.2 Å². The third-order valence-corrected chi connectivity index (χ3v) is 5.25. The fraction of sp³-hybridized carbons (Fsp3) is 0.833. The molecule has 0 spiro atoms. The van der Waals surface area contributed by atoms with Crippen molar-refractivity contribution in [2.24, 2.45) is 5.73 Å². The average Bonchev–Trinajstić information content (AvgIpc) is 2.70. The number of aliphatic carboxylic acids is 1. The van der Waals surface area contributed by atoms with Crippen molar-refractivity contribution in [1.82, 2.24) is 5.32 Å². The van der Waals surface area contributed by atoms with Gasteiger partial charge in [0.2, 0.25) is 5.91 Å². The van der Waals surface area contributed by atoms with E-state index in [1.54, 1.807) is 0 Å². The van der Waals surface area contributed by atoms with E-state index >= 15 is 0 Å². The molecular formula is C24H47N2NaO3. The first-order chi connectivity index (χ1) is 14.1. The summed E-state index contributed by atoms with van der Waals surface area (Å²) in [5, 5.41) is 11.8. The molecule has 0 fully saturated rings. The third-order valence-electron chi connectivity index (χ3n) is 5.25. The summed E-state index contributed by atoms with van der Waals surface area (Å²) in [4.78, 5) is 23.1. The van der Waals surface area contributed by atoms with Crippen molar-refractivity contribution in [2.45, 2.75) is 122 Å². The van der Waals surface area contributed by atoms with Gasteiger partial charge in [0.25, 0.3) is 0 Å². The van der Waals surface area contributed by atoms with E-state index in [0.717, 1.165) is 38.5 Å². The Labute approximate surface area is 207 Å². The zero-order valence-electron chi connectivity index (χ0n) is 18.8. The van der Waals surface area contributed by atoms with Crippen LogP contribution in [0.2, 0.25) is 0 Å². The maximum atomic E-state index is 11.9. The Kier molecular flexibility index (Phi) is 26.4. The molecule has 0 rings (SSSR count). The molecule has 30 heavy (non-hydrogen) atoms. The van der Waals surface area contributed by atoms with Gasteiger partial charge in [-0.25, -0.2) is 4.79 Å². The van der Waals surface area contributed by atoms with Crippen molar-refractivity contribution in [2.75, 3.05) is 6.54 Å². The van der Waals surface area contributed by atoms with Gasteiger partial charge in [0.05, 0.1) is 0 Å². The van der Waals surface area contributed by atoms with Crippen LogP contribution in [0.3, 0.4) is 0 Å². The van der Waals surface area contributed by atoms with Gasteiger partial charge in [-0.15, -0.1) is 0 Å². The number of carbonyl (C=O) groups is 2. The zero-order chi connectivity index (χ0) is 21.6. The molecule has 6 heteroatoms. The van der Waals surface area contributed by atoms with Gasteiger partial charge in [-0.05, 0) is 57.9 Å². The van der Waals surface area contributed by atoms with Crippen LogP contribution in [0.15, 0.2) is 12.2 Å². The zero-order valence-corrected chi connectivity index (χ0v) is 18.8. The summed E-state index contributed by atoms with van der Waals surface area (Å²) in [6.07, 6.45) is 22.9. The molecule has 0 aliphatic heterocycles. The minimum atomic E-state index is -0.958. The molecule has 0 aromatic carbocycles. The Balaban J connectivity index is 0. The summed E-state index contributed by atoms with van der Waals surface area (Å²) in [6.45, 7) is 2.80. The summed E-state index contributed by atoms with van der Waals surface area (Å²) >= 11 is 0. The number of hydrogen-bond acceptors (Lipinski definition) is 3. The van der Waals surface area contributed by atoms with Crippen LogP contribution in [-0.2, 0) is 9.59 Å². The second-order valence-corrected chi connectivity index (χ2v) is 8.08. The summed E-state index contributed by atoms with van der Waals surface area (Å²) in [6, 6.07) is -0.780. The van der Waals surface area contributed by atoms with Crippen molar-refractivity contribution >= 4 is 41.4 Å². The van der Waals surface area contributed by atoms with Crippen LogP contribution >= 0.6 is 0 Å². The number of allylic oxidation sites excluding steroid dienone is 2. The number of rotatable bonds is 21. The van der Waals surface area contributed by atoms with Gasteiger partial charge >= 0.3 is 35.5 Å². The standard InChI is InChI=1S/C24H46N2O3.Na.H/c1-2-3-4-5-6-7-8-9-10-11-12-13-14-15-16-20-23(27)26-22(24(28)29)19-17-18-21-25;;/h9-10,22H,2-8,11-21,25H2,1H3,(H,26,27)(H,28,29);;/b10-9-;;. The minimum absolute atomic E-state index is 0. The second kappa shape index (κ2) is 24.9. The van der Waals surface area contributed by atoms with Gasteiger partial charge in [0.1, 0.15) is 6.04 Å². The molecule has 1 unspecified atom stereocenters. The Morgan fingerprint density at radius 2 is 1.37 bits per heavy atom. The van der Waals surface area contributed by atoms with E-state index in [-0.39, 0.29) is 35.5 Å². The predicted octanol–water partition coefficient (Wildman–Crippen LogP) is 5.07. The number of nitrogens with one attached hydrogen (secondary N) is 1. The second-order valence-electron chi connectivity index (χ2n) is 8.08. The van der Waals surface area contributed by atoms with Crippen molar-refractivity contribution in [3.05, 3.63) is 12.2 Å². The van der Waals surface area contributed by atoms with Crippen LogP contribution in [0.25, 0.3) is 0 Å². The van der Waals surface area contributed by atoms with E-state index in [1.807, 2.05) is 0 Å². The molecular weight excluding hydrogens is 387 g/mol. The van der Waals surface area contributed by atoms with E-state index in [9.17, 15) is 14.7 Å². The number of unbranched alkanes of at least 4 members (excludes halogenated alkanes) is 12. The van der Waals surface area contributed by atoms with Crippen LogP contribution in [0.1, 0.15) is 116 Å². The van der Waals surface area contributed by atoms with Gasteiger partial charge in [-0.2, -0.15) is 0 Å². The Morgan fingerprint density at radius 3 is 1.90 bits per heavy atom. The number of hydrogen-bond donors (Lipinski definition) is 3. The van der Waals surface area contributed by atoms with Gasteiger partial charge in [0.15, 0.2) is 0 Å². The van der Waals surface area contributed by atoms with Crippen molar-refractivity contribution in [3.63, 3.8) is 0 Å². The van der Waals surface area contributed by atoms with E-state index in [1.165, 1.54) is 57.8 Å². The first-order valence-electron chi connectivity index (χ1n) is 12.0. The van der Waals surface area contributed by atoms with E-state index in [2.05, 4.69) is 24.4 Å². The number of amides is 1. The van der Waals surface area contributed by atoms with E-state index in [0.29, 0.717) is 19.4 Å². The molecule has 172 valence electrons. The quantitative estimate of drug-likeness (QED) is 0.133. The summed E-state index contributed by atoms with van der Waals surface area (Å²) in [7, 11) is 0. The number of nitrogens with two attached hydrogens (primary N) is 1. The number of carboxylic acid groups (broad SMARTS) is 1. The van der Waals surface area contributed by atoms with Crippen molar-refractivity contribution in [3.8, 4) is 0 Å². The van der Waals surface area contributed by atoms with E-state index < -0.39 is 12.0 Å². The first kappa shape index (κ1) is 31.8. The van der Waals surface area contributed by atoms with Gasteiger partial charge in [0, 0.05) is 6.42 Å². The Morgan fingerprint density at radius 1 is 0.833 bits per heavy atom. The first-order valence-corrected chi connectivity index (χ1v) is 12.0. The molecule has 1 amide bonds. The Bertz CT molecular complexity index is 431. The predicted molar refractivity (Wildman–Crippen MR) is 129 cm³/mol. The summed E-state index contributed by atoms with van der Waals surface area (Å²) in [5.74, 6) is -1.11. The molecule has 0 heterocycles. The molecule has 5 nitrogen and oxygen atoms in total. The monoisotopic (exact) mass is 434 g/mol. The third kappa shape index (κ3) is 22.3. The molecule has 0 bridgehead atoms. The normalized spacial score (nSPS) is 11.9. The summed E-state index contributed by atoms with van der Waals surface area (Å²) < 4.78 is 0. The molecule has 0 aromatic heterocycles. The number of carbonyl (C=O) groups excluding carboxylic acids is 1. The topological polar surface area (TPSA) is 92.4 Å². The van der Waals surface area contributed by atoms with Crippen LogP contribution in [0.4, 0.5) is 0 Å². The van der Waals surface area contributed by atoms with E-state index in [4.69, 9.17) is 5.73 Å². The van der Waals surface area contributed by atoms with Crippen LogP contribution in [0.5, 0.6) is 0 Å². The van der Waals surface area contributed by atoms with Crippen LogP contribution in [-0.4, -0.2) is 59.1 Å². The van der Waals surface area contributed by atoms with Gasteiger partial charge in [-0.3, -0.25) is 4.79 Å².